The van der Waals surface area contributed by atoms with Gasteiger partial charge >= 0.3 is 0 Å². The van der Waals surface area contributed by atoms with Gasteiger partial charge in [0.05, 0.1) is 5.57 Å². The van der Waals surface area contributed by atoms with Crippen LogP contribution in [0, 0.1) is 18.3 Å². The molecule has 1 heterocycles. The minimum atomic E-state index is -0.168. The van der Waals surface area contributed by atoms with Crippen LogP contribution in [0.5, 0.6) is 0 Å². The topological polar surface area (TPSA) is 65.8 Å². The van der Waals surface area contributed by atoms with E-state index in [4.69, 9.17) is 4.98 Å². The lowest BCUT2D eigenvalue weighted by Gasteiger charge is -2.18. The number of thiazole rings is 1. The number of rotatable bonds is 4. The van der Waals surface area contributed by atoms with Gasteiger partial charge in [0.25, 0.3) is 0 Å². The van der Waals surface area contributed by atoms with E-state index in [2.05, 4.69) is 44.3 Å². The average molecular weight is 416 g/mol. The quantitative estimate of drug-likeness (QED) is 0.499. The summed E-state index contributed by atoms with van der Waals surface area (Å²) < 4.78 is 0. The molecule has 0 spiro atoms. The summed E-state index contributed by atoms with van der Waals surface area (Å²) in [7, 11) is 0. The Morgan fingerprint density at radius 3 is 2.27 bits per heavy atom. The van der Waals surface area contributed by atoms with E-state index < -0.39 is 0 Å². The van der Waals surface area contributed by atoms with E-state index in [1.807, 2.05) is 49.4 Å². The van der Waals surface area contributed by atoms with Crippen LogP contribution in [0.3, 0.4) is 0 Å². The lowest BCUT2D eigenvalue weighted by Crippen LogP contribution is -2.10. The van der Waals surface area contributed by atoms with Crippen LogP contribution in [0.2, 0.25) is 0 Å². The zero-order valence-corrected chi connectivity index (χ0v) is 18.7. The smallest absolute Gasteiger partial charge is 0.221 e. The van der Waals surface area contributed by atoms with Crippen LogP contribution in [0.4, 0.5) is 5.00 Å². The van der Waals surface area contributed by atoms with E-state index >= 15 is 0 Å². The standard InChI is InChI=1S/C25H25N3OS/c1-16-6-10-19(11-7-16)22-24(27-17(2)29)30-23(28-22)20(15-26)14-18-8-12-21(13-9-18)25(3,4)5/h6-14H,1-5H3,(H,27,29). The largest absolute Gasteiger partial charge is 0.316 e. The lowest BCUT2D eigenvalue weighted by atomic mass is 9.86. The van der Waals surface area contributed by atoms with Crippen molar-refractivity contribution in [3.8, 4) is 17.3 Å². The van der Waals surface area contributed by atoms with E-state index in [0.717, 1.165) is 16.7 Å². The Morgan fingerprint density at radius 1 is 1.10 bits per heavy atom. The average Bonchev–Trinajstić information content (AvgIpc) is 3.09. The highest BCUT2D eigenvalue weighted by molar-refractivity contribution is 7.17. The van der Waals surface area contributed by atoms with Gasteiger partial charge in [0.1, 0.15) is 21.8 Å². The zero-order valence-electron chi connectivity index (χ0n) is 17.9. The Labute approximate surface area is 181 Å². The van der Waals surface area contributed by atoms with Crippen LogP contribution in [-0.2, 0) is 10.2 Å². The minimum Gasteiger partial charge on any atom is -0.316 e. The summed E-state index contributed by atoms with van der Waals surface area (Å²) in [6, 6.07) is 18.4. The number of carbonyl (C=O) groups excluding carboxylic acids is 1. The van der Waals surface area contributed by atoms with Crippen LogP contribution in [0.1, 0.15) is 49.4 Å². The first-order chi connectivity index (χ1) is 14.2. The number of carbonyl (C=O) groups is 1. The van der Waals surface area contributed by atoms with Gasteiger partial charge in [-0.3, -0.25) is 4.79 Å². The van der Waals surface area contributed by atoms with E-state index in [9.17, 15) is 10.1 Å². The fourth-order valence-electron chi connectivity index (χ4n) is 2.97. The molecule has 1 N–H and O–H groups in total. The number of amides is 1. The van der Waals surface area contributed by atoms with Crippen molar-refractivity contribution in [2.75, 3.05) is 5.32 Å². The van der Waals surface area contributed by atoms with Gasteiger partial charge in [-0.25, -0.2) is 4.98 Å². The number of aromatic nitrogens is 1. The molecule has 3 rings (SSSR count). The summed E-state index contributed by atoms with van der Waals surface area (Å²) in [5.41, 5.74) is 5.44. The highest BCUT2D eigenvalue weighted by Gasteiger charge is 2.17. The van der Waals surface area contributed by atoms with Crippen LogP contribution >= 0.6 is 11.3 Å². The molecule has 0 saturated heterocycles. The fourth-order valence-corrected chi connectivity index (χ4v) is 3.97. The number of aryl methyl sites for hydroxylation is 1. The van der Waals surface area contributed by atoms with E-state index in [1.54, 1.807) is 0 Å². The minimum absolute atomic E-state index is 0.0752. The van der Waals surface area contributed by atoms with Gasteiger partial charge < -0.3 is 5.32 Å². The van der Waals surface area contributed by atoms with E-state index in [0.29, 0.717) is 21.3 Å². The predicted octanol–water partition coefficient (Wildman–Crippen LogP) is 6.44. The number of nitrogens with zero attached hydrogens (tertiary/aromatic N) is 2. The Kier molecular flexibility index (Phi) is 6.19. The van der Waals surface area contributed by atoms with Crippen molar-refractivity contribution in [1.82, 2.24) is 4.98 Å². The van der Waals surface area contributed by atoms with Gasteiger partial charge in [0, 0.05) is 12.5 Å². The maximum absolute atomic E-state index is 11.7. The molecule has 30 heavy (non-hydrogen) atoms. The molecule has 3 aromatic rings. The summed E-state index contributed by atoms with van der Waals surface area (Å²) >= 11 is 1.31. The molecule has 2 aromatic carbocycles. The molecule has 1 amide bonds. The number of nitrogens with one attached hydrogen (secondary N) is 1. The van der Waals surface area contributed by atoms with Gasteiger partial charge in [-0.15, -0.1) is 0 Å². The van der Waals surface area contributed by atoms with Gasteiger partial charge in [-0.1, -0.05) is 86.2 Å². The Balaban J connectivity index is 2.02. The first-order valence-electron chi connectivity index (χ1n) is 9.75. The molecule has 152 valence electrons. The summed E-state index contributed by atoms with van der Waals surface area (Å²) in [5, 5.41) is 13.9. The summed E-state index contributed by atoms with van der Waals surface area (Å²) in [5.74, 6) is -0.168. The first kappa shape index (κ1) is 21.5. The molecule has 4 nitrogen and oxygen atoms in total. The molecular weight excluding hydrogens is 390 g/mol. The third-order valence-electron chi connectivity index (χ3n) is 4.68. The normalized spacial score (nSPS) is 11.8. The molecule has 0 aliphatic rings. The number of hydrogen-bond acceptors (Lipinski definition) is 4. The summed E-state index contributed by atoms with van der Waals surface area (Å²) in [4.78, 5) is 16.4. The van der Waals surface area contributed by atoms with E-state index in [-0.39, 0.29) is 11.3 Å². The highest BCUT2D eigenvalue weighted by Crippen LogP contribution is 2.36. The van der Waals surface area contributed by atoms with Crippen molar-refractivity contribution in [3.05, 3.63) is 70.2 Å². The van der Waals surface area contributed by atoms with Gasteiger partial charge in [0.2, 0.25) is 5.91 Å². The maximum Gasteiger partial charge on any atom is 0.221 e. The third kappa shape index (κ3) is 5.03. The Hall–Kier alpha value is -3.23. The van der Waals surface area contributed by atoms with Crippen molar-refractivity contribution >= 4 is 33.9 Å². The number of nitriles is 1. The Morgan fingerprint density at radius 2 is 1.73 bits per heavy atom. The van der Waals surface area contributed by atoms with E-state index in [1.165, 1.54) is 23.8 Å². The predicted molar refractivity (Wildman–Crippen MR) is 125 cm³/mol. The van der Waals surface area contributed by atoms with Crippen LogP contribution in [-0.4, -0.2) is 10.9 Å². The molecule has 0 fully saturated rings. The monoisotopic (exact) mass is 415 g/mol. The van der Waals surface area contributed by atoms with Crippen molar-refractivity contribution in [1.29, 1.82) is 5.26 Å². The SMILES string of the molecule is CC(=O)Nc1sc(C(C#N)=Cc2ccc(C(C)(C)C)cc2)nc1-c1ccc(C)cc1. The van der Waals surface area contributed by atoms with Crippen molar-refractivity contribution in [2.45, 2.75) is 40.0 Å². The molecule has 0 unspecified atom stereocenters. The molecule has 0 aliphatic heterocycles. The van der Waals surface area contributed by atoms with Crippen molar-refractivity contribution in [2.24, 2.45) is 0 Å². The first-order valence-corrected chi connectivity index (χ1v) is 10.6. The molecule has 0 radical (unpaired) electrons. The zero-order chi connectivity index (χ0) is 21.9. The number of benzene rings is 2. The van der Waals surface area contributed by atoms with Crippen molar-refractivity contribution < 1.29 is 4.79 Å². The number of hydrogen-bond donors (Lipinski definition) is 1. The molecular formula is C25H25N3OS. The molecule has 0 bridgehead atoms. The number of allylic oxidation sites excluding steroid dienone is 1. The Bertz CT molecular complexity index is 1130. The fraction of sp³-hybridized carbons (Fsp3) is 0.240. The third-order valence-corrected chi connectivity index (χ3v) is 5.68. The molecule has 5 heteroatoms. The molecule has 0 aliphatic carbocycles. The number of anilines is 1. The van der Waals surface area contributed by atoms with Gasteiger partial charge in [-0.2, -0.15) is 5.26 Å². The summed E-state index contributed by atoms with van der Waals surface area (Å²) in [6.45, 7) is 10.0. The summed E-state index contributed by atoms with van der Waals surface area (Å²) in [6.07, 6.45) is 1.84. The second-order valence-corrected chi connectivity index (χ2v) is 9.28. The van der Waals surface area contributed by atoms with Gasteiger partial charge in [0.15, 0.2) is 0 Å². The maximum atomic E-state index is 11.7. The lowest BCUT2D eigenvalue weighted by molar-refractivity contribution is -0.114. The molecule has 0 saturated carbocycles. The van der Waals surface area contributed by atoms with Crippen LogP contribution < -0.4 is 5.32 Å². The molecule has 1 aromatic heterocycles. The van der Waals surface area contributed by atoms with Gasteiger partial charge in [-0.05, 0) is 29.5 Å². The molecule has 0 atom stereocenters. The van der Waals surface area contributed by atoms with Crippen molar-refractivity contribution in [3.63, 3.8) is 0 Å². The highest BCUT2D eigenvalue weighted by atomic mass is 32.1. The second kappa shape index (κ2) is 8.64. The van der Waals surface area contributed by atoms with Crippen LogP contribution in [0.15, 0.2) is 48.5 Å². The second-order valence-electron chi connectivity index (χ2n) is 8.29. The van der Waals surface area contributed by atoms with Crippen LogP contribution in [0.25, 0.3) is 22.9 Å².